The van der Waals surface area contributed by atoms with Crippen LogP contribution in [0.2, 0.25) is 0 Å². The zero-order chi connectivity index (χ0) is 13.8. The Morgan fingerprint density at radius 2 is 0.714 bits per heavy atom. The molecule has 0 N–H and O–H groups in total. The molecule has 3 aromatic rings. The minimum atomic E-state index is -0.205. The van der Waals surface area contributed by atoms with Crippen LogP contribution in [0, 0.1) is 0 Å². The summed E-state index contributed by atoms with van der Waals surface area (Å²) < 4.78 is 0. The predicted molar refractivity (Wildman–Crippen MR) is 94.7 cm³/mol. The van der Waals surface area contributed by atoms with E-state index in [-0.39, 0.29) is 34.7 Å². The van der Waals surface area contributed by atoms with Crippen LogP contribution in [0.15, 0.2) is 91.0 Å². The molecule has 0 heterocycles. The van der Waals surface area contributed by atoms with Gasteiger partial charge in [0, 0.05) is 29.6 Å². The maximum absolute atomic E-state index is 3.06. The van der Waals surface area contributed by atoms with Crippen LogP contribution in [-0.2, 0) is 5.16 Å². The summed E-state index contributed by atoms with van der Waals surface area (Å²) in [6.07, 6.45) is 0. The average molecular weight is 299 g/mol. The fourth-order valence-electron chi connectivity index (χ4n) is 2.60. The fourth-order valence-corrected chi connectivity index (χ4v) is 3.18. The zero-order valence-corrected chi connectivity index (χ0v) is 15.4. The molecule has 0 bridgehead atoms. The summed E-state index contributed by atoms with van der Waals surface area (Å²) in [7, 11) is 3.06. The molecule has 0 fully saturated rings. The molecule has 2 heteroatoms. The molecule has 0 aliphatic carbocycles. The average Bonchev–Trinajstić information content (AvgIpc) is 2.56. The molecule has 3 aromatic carbocycles. The molecule has 0 spiro atoms. The molecule has 21 heavy (non-hydrogen) atoms. The van der Waals surface area contributed by atoms with Gasteiger partial charge >= 0.3 is 0 Å². The second kappa shape index (κ2) is 7.38. The Balaban J connectivity index is 0.00000161. The van der Waals surface area contributed by atoms with Crippen molar-refractivity contribution < 1.29 is 0 Å². The first-order valence-electron chi connectivity index (χ1n) is 6.77. The summed E-state index contributed by atoms with van der Waals surface area (Å²) in [5.74, 6) is 0. The predicted octanol–water partition coefficient (Wildman–Crippen LogP) is 4.47. The summed E-state index contributed by atoms with van der Waals surface area (Å²) in [5.41, 5.74) is 3.84. The standard InChI is InChI=1S/C19H17P.Na/c20-19(16-10-4-1-5-11-16,17-12-6-2-7-13-17)18-14-8-3-9-15-18;/h1-15H,20H2;. The van der Waals surface area contributed by atoms with Crippen LogP contribution >= 0.6 is 9.24 Å². The van der Waals surface area contributed by atoms with Crippen LogP contribution in [0.5, 0.6) is 0 Å². The third kappa shape index (κ3) is 3.30. The smallest absolute Gasteiger partial charge is 0.0591 e. The van der Waals surface area contributed by atoms with Crippen molar-refractivity contribution in [1.29, 1.82) is 0 Å². The second-order valence-corrected chi connectivity index (χ2v) is 5.77. The van der Waals surface area contributed by atoms with Gasteiger partial charge < -0.3 is 0 Å². The third-order valence-electron chi connectivity index (χ3n) is 3.69. The van der Waals surface area contributed by atoms with Crippen molar-refractivity contribution >= 4 is 38.8 Å². The summed E-state index contributed by atoms with van der Waals surface area (Å²) in [4.78, 5) is 0. The Bertz CT molecular complexity index is 569. The SMILES string of the molecule is PC(c1ccccc1)(c1ccccc1)c1ccccc1.[Na]. The normalized spacial score (nSPS) is 10.7. The zero-order valence-electron chi connectivity index (χ0n) is 12.2. The van der Waals surface area contributed by atoms with Crippen molar-refractivity contribution in [3.8, 4) is 0 Å². The van der Waals surface area contributed by atoms with E-state index in [1.54, 1.807) is 0 Å². The molecule has 1 radical (unpaired) electrons. The Kier molecular flexibility index (Phi) is 5.79. The van der Waals surface area contributed by atoms with Gasteiger partial charge in [0.15, 0.2) is 0 Å². The molecule has 3 rings (SSSR count). The van der Waals surface area contributed by atoms with Crippen LogP contribution in [-0.4, -0.2) is 29.6 Å². The quantitative estimate of drug-likeness (QED) is 0.380. The Labute approximate surface area is 151 Å². The molecule has 0 aromatic heterocycles. The van der Waals surface area contributed by atoms with Crippen LogP contribution in [0.25, 0.3) is 0 Å². The number of rotatable bonds is 3. The maximum atomic E-state index is 3.06. The number of benzene rings is 3. The molecule has 99 valence electrons. The van der Waals surface area contributed by atoms with Gasteiger partial charge in [-0.2, -0.15) is 0 Å². The van der Waals surface area contributed by atoms with Crippen LogP contribution in [0.3, 0.4) is 0 Å². The van der Waals surface area contributed by atoms with E-state index in [1.807, 2.05) is 0 Å². The van der Waals surface area contributed by atoms with Crippen molar-refractivity contribution in [2.45, 2.75) is 5.16 Å². The topological polar surface area (TPSA) is 0 Å². The summed E-state index contributed by atoms with van der Waals surface area (Å²) in [5, 5.41) is -0.205. The van der Waals surface area contributed by atoms with Gasteiger partial charge in [-0.15, -0.1) is 9.24 Å². The molecule has 0 amide bonds. The van der Waals surface area contributed by atoms with Crippen LogP contribution < -0.4 is 0 Å². The van der Waals surface area contributed by atoms with Gasteiger partial charge in [-0.3, -0.25) is 0 Å². The monoisotopic (exact) mass is 299 g/mol. The van der Waals surface area contributed by atoms with E-state index in [0.29, 0.717) is 0 Å². The largest absolute Gasteiger partial charge is 0.117 e. The van der Waals surface area contributed by atoms with Crippen molar-refractivity contribution in [2.24, 2.45) is 0 Å². The van der Waals surface area contributed by atoms with E-state index in [1.165, 1.54) is 16.7 Å². The van der Waals surface area contributed by atoms with Gasteiger partial charge in [-0.1, -0.05) is 91.0 Å². The van der Waals surface area contributed by atoms with Gasteiger partial charge in [0.25, 0.3) is 0 Å². The van der Waals surface area contributed by atoms with E-state index in [0.717, 1.165) is 0 Å². The number of hydrogen-bond acceptors (Lipinski definition) is 0. The molecule has 0 saturated heterocycles. The van der Waals surface area contributed by atoms with Gasteiger partial charge in [0.2, 0.25) is 0 Å². The van der Waals surface area contributed by atoms with E-state index in [4.69, 9.17) is 0 Å². The fraction of sp³-hybridized carbons (Fsp3) is 0.0526. The Morgan fingerprint density at radius 3 is 0.952 bits per heavy atom. The van der Waals surface area contributed by atoms with E-state index >= 15 is 0 Å². The summed E-state index contributed by atoms with van der Waals surface area (Å²) >= 11 is 0. The van der Waals surface area contributed by atoms with Crippen LogP contribution in [0.1, 0.15) is 16.7 Å². The molecular formula is C19H17NaP. The van der Waals surface area contributed by atoms with Crippen molar-refractivity contribution in [1.82, 2.24) is 0 Å². The molecule has 0 nitrogen and oxygen atoms in total. The van der Waals surface area contributed by atoms with Gasteiger partial charge in [-0.25, -0.2) is 0 Å². The molecule has 0 aliphatic heterocycles. The third-order valence-corrected chi connectivity index (χ3v) is 4.69. The minimum Gasteiger partial charge on any atom is -0.117 e. The van der Waals surface area contributed by atoms with Gasteiger partial charge in [0.1, 0.15) is 0 Å². The second-order valence-electron chi connectivity index (χ2n) is 4.91. The summed E-state index contributed by atoms with van der Waals surface area (Å²) in [6.45, 7) is 0. The van der Waals surface area contributed by atoms with Crippen molar-refractivity contribution in [3.63, 3.8) is 0 Å². The molecule has 1 atom stereocenters. The Hall–Kier alpha value is -0.910. The first kappa shape index (κ1) is 16.5. The Morgan fingerprint density at radius 1 is 0.476 bits per heavy atom. The van der Waals surface area contributed by atoms with Crippen molar-refractivity contribution in [3.05, 3.63) is 108 Å². The van der Waals surface area contributed by atoms with E-state index in [2.05, 4.69) is 100 Å². The minimum absolute atomic E-state index is 0. The molecular weight excluding hydrogens is 282 g/mol. The first-order chi connectivity index (χ1) is 9.82. The first-order valence-corrected chi connectivity index (χ1v) is 7.35. The molecule has 0 aliphatic rings. The van der Waals surface area contributed by atoms with Gasteiger partial charge in [-0.05, 0) is 16.7 Å². The van der Waals surface area contributed by atoms with Gasteiger partial charge in [0.05, 0.1) is 5.16 Å². The van der Waals surface area contributed by atoms with E-state index < -0.39 is 0 Å². The number of hydrogen-bond donors (Lipinski definition) is 0. The maximum Gasteiger partial charge on any atom is 0.0591 e. The molecule has 0 saturated carbocycles. The summed E-state index contributed by atoms with van der Waals surface area (Å²) in [6, 6.07) is 31.9. The van der Waals surface area contributed by atoms with Crippen molar-refractivity contribution in [2.75, 3.05) is 0 Å². The van der Waals surface area contributed by atoms with Crippen LogP contribution in [0.4, 0.5) is 0 Å². The van der Waals surface area contributed by atoms with E-state index in [9.17, 15) is 0 Å². The molecule has 1 unspecified atom stereocenters.